The van der Waals surface area contributed by atoms with Gasteiger partial charge in [-0.15, -0.1) is 0 Å². The molecule has 5 rings (SSSR count). The first-order valence-corrected chi connectivity index (χ1v) is 10.4. The van der Waals surface area contributed by atoms with Gasteiger partial charge in [-0.3, -0.25) is 14.4 Å². The van der Waals surface area contributed by atoms with E-state index in [4.69, 9.17) is 0 Å². The quantitative estimate of drug-likeness (QED) is 0.642. The second kappa shape index (κ2) is 6.63. The van der Waals surface area contributed by atoms with Gasteiger partial charge in [0.1, 0.15) is 17.9 Å². The highest BCUT2D eigenvalue weighted by Crippen LogP contribution is 2.40. The Labute approximate surface area is 170 Å². The zero-order valence-corrected chi connectivity index (χ0v) is 16.7. The fraction of sp³-hybridized carbons (Fsp3) is 0.375. The SMILES string of the molecule is Cc1ccc(N2C(=O)[C@@H]3[C@H](C2=O)[C@H]2CCC[NH+]2[C@@H]3C(=O)c2ccccc2)cc1C. The maximum atomic E-state index is 13.5. The standard InChI is InChI=1S/C24H24N2O3/c1-14-10-11-17(13-15(14)2)26-23(28)19-18-9-6-12-25(18)21(20(19)24(26)29)22(27)16-7-4-3-5-8-16/h3-5,7-8,10-11,13,18-21H,6,9,12H2,1-2H3/p+1/t18-,19-,20-,21+/m1/s1. The number of imide groups is 1. The molecule has 1 unspecified atom stereocenters. The molecule has 0 spiro atoms. The highest BCUT2D eigenvalue weighted by molar-refractivity contribution is 6.24. The molecule has 3 fully saturated rings. The number of aryl methyl sites for hydroxylation is 2. The molecule has 2 amide bonds. The maximum absolute atomic E-state index is 13.5. The first kappa shape index (κ1) is 18.3. The van der Waals surface area contributed by atoms with Crippen molar-refractivity contribution in [1.29, 1.82) is 0 Å². The molecular weight excluding hydrogens is 364 g/mol. The van der Waals surface area contributed by atoms with E-state index < -0.39 is 12.0 Å². The Balaban J connectivity index is 1.56. The molecular formula is C24H25N2O3+. The normalized spacial score (nSPS) is 30.6. The first-order chi connectivity index (χ1) is 14.0. The van der Waals surface area contributed by atoms with E-state index in [9.17, 15) is 14.4 Å². The maximum Gasteiger partial charge on any atom is 0.244 e. The van der Waals surface area contributed by atoms with Crippen LogP contribution in [0.4, 0.5) is 5.69 Å². The average molecular weight is 389 g/mol. The summed E-state index contributed by atoms with van der Waals surface area (Å²) in [5.74, 6) is -1.30. The molecule has 0 bridgehead atoms. The van der Waals surface area contributed by atoms with Crippen molar-refractivity contribution in [1.82, 2.24) is 0 Å². The summed E-state index contributed by atoms with van der Waals surface area (Å²) >= 11 is 0. The minimum absolute atomic E-state index is 0.0110. The molecule has 3 heterocycles. The van der Waals surface area contributed by atoms with Crippen molar-refractivity contribution in [3.8, 4) is 0 Å². The second-order valence-electron chi connectivity index (χ2n) is 8.61. The van der Waals surface area contributed by atoms with E-state index in [0.717, 1.165) is 35.4 Å². The summed E-state index contributed by atoms with van der Waals surface area (Å²) in [6.07, 6.45) is 1.89. The Morgan fingerprint density at radius 2 is 1.69 bits per heavy atom. The van der Waals surface area contributed by atoms with Gasteiger partial charge in [0.25, 0.3) is 0 Å². The van der Waals surface area contributed by atoms with Crippen LogP contribution in [0.1, 0.15) is 34.3 Å². The highest BCUT2D eigenvalue weighted by atomic mass is 16.2. The second-order valence-corrected chi connectivity index (χ2v) is 8.61. The third kappa shape index (κ3) is 2.60. The van der Waals surface area contributed by atoms with E-state index >= 15 is 0 Å². The van der Waals surface area contributed by atoms with Crippen LogP contribution in [0.15, 0.2) is 48.5 Å². The molecule has 5 heteroatoms. The number of nitrogens with one attached hydrogen (secondary N) is 1. The smallest absolute Gasteiger partial charge is 0.244 e. The number of benzene rings is 2. The number of carbonyl (C=O) groups excluding carboxylic acids is 3. The van der Waals surface area contributed by atoms with E-state index in [1.54, 1.807) is 0 Å². The van der Waals surface area contributed by atoms with Crippen LogP contribution in [0.25, 0.3) is 0 Å². The summed E-state index contributed by atoms with van der Waals surface area (Å²) in [5, 5.41) is 0. The van der Waals surface area contributed by atoms with Crippen LogP contribution < -0.4 is 9.80 Å². The number of carbonyl (C=O) groups is 3. The van der Waals surface area contributed by atoms with Crippen molar-refractivity contribution >= 4 is 23.3 Å². The first-order valence-electron chi connectivity index (χ1n) is 10.4. The summed E-state index contributed by atoms with van der Waals surface area (Å²) in [6, 6.07) is 14.5. The largest absolute Gasteiger partial charge is 0.322 e. The highest BCUT2D eigenvalue weighted by Gasteiger charge is 2.68. The van der Waals surface area contributed by atoms with Gasteiger partial charge in [0, 0.05) is 18.4 Å². The minimum atomic E-state index is -0.558. The third-order valence-corrected chi connectivity index (χ3v) is 7.14. The van der Waals surface area contributed by atoms with Gasteiger partial charge < -0.3 is 4.90 Å². The summed E-state index contributed by atoms with van der Waals surface area (Å²) < 4.78 is 0. The topological polar surface area (TPSA) is 58.9 Å². The van der Waals surface area contributed by atoms with Gasteiger partial charge in [0.2, 0.25) is 17.6 Å². The number of Topliss-reactive ketones (excluding diaryl/α,β-unsaturated/α-hetero) is 1. The minimum Gasteiger partial charge on any atom is -0.322 e. The van der Waals surface area contributed by atoms with E-state index in [1.165, 1.54) is 4.90 Å². The van der Waals surface area contributed by atoms with Gasteiger partial charge in [-0.05, 0) is 37.1 Å². The van der Waals surface area contributed by atoms with Crippen LogP contribution in [0.5, 0.6) is 0 Å². The Kier molecular flexibility index (Phi) is 4.17. The number of hydrogen-bond acceptors (Lipinski definition) is 3. The van der Waals surface area contributed by atoms with E-state index in [-0.39, 0.29) is 29.6 Å². The molecule has 3 saturated heterocycles. The van der Waals surface area contributed by atoms with E-state index in [0.29, 0.717) is 11.3 Å². The molecule has 0 aromatic heterocycles. The number of ketones is 1. The molecule has 1 N–H and O–H groups in total. The van der Waals surface area contributed by atoms with Gasteiger partial charge in [-0.2, -0.15) is 0 Å². The third-order valence-electron chi connectivity index (χ3n) is 7.14. The Bertz CT molecular complexity index is 1020. The van der Waals surface area contributed by atoms with Gasteiger partial charge >= 0.3 is 0 Å². The van der Waals surface area contributed by atoms with Crippen molar-refractivity contribution in [3.63, 3.8) is 0 Å². The zero-order valence-electron chi connectivity index (χ0n) is 16.7. The number of hydrogen-bond donors (Lipinski definition) is 1. The van der Waals surface area contributed by atoms with Gasteiger partial charge in [-0.1, -0.05) is 36.4 Å². The molecule has 29 heavy (non-hydrogen) atoms. The van der Waals surface area contributed by atoms with Crippen LogP contribution in [-0.2, 0) is 9.59 Å². The molecule has 0 radical (unpaired) electrons. The fourth-order valence-electron chi connectivity index (χ4n) is 5.64. The molecule has 148 valence electrons. The summed E-state index contributed by atoms with van der Waals surface area (Å²) in [5.41, 5.74) is 3.42. The molecule has 3 aliphatic rings. The summed E-state index contributed by atoms with van der Waals surface area (Å²) in [6.45, 7) is 4.84. The predicted octanol–water partition coefficient (Wildman–Crippen LogP) is 1.72. The predicted molar refractivity (Wildman–Crippen MR) is 109 cm³/mol. The lowest BCUT2D eigenvalue weighted by Crippen LogP contribution is -3.16. The van der Waals surface area contributed by atoms with Gasteiger partial charge in [0.15, 0.2) is 6.04 Å². The lowest BCUT2D eigenvalue weighted by atomic mass is 9.85. The fourth-order valence-corrected chi connectivity index (χ4v) is 5.64. The number of nitrogens with zero attached hydrogens (tertiary/aromatic N) is 1. The van der Waals surface area contributed by atoms with Crippen molar-refractivity contribution < 1.29 is 19.3 Å². The summed E-state index contributed by atoms with van der Waals surface area (Å²) in [7, 11) is 0. The lowest BCUT2D eigenvalue weighted by Gasteiger charge is -2.25. The molecule has 5 nitrogen and oxygen atoms in total. The van der Waals surface area contributed by atoms with Crippen molar-refractivity contribution in [2.45, 2.75) is 38.8 Å². The van der Waals surface area contributed by atoms with Crippen LogP contribution in [-0.4, -0.2) is 36.2 Å². The monoisotopic (exact) mass is 389 g/mol. The number of rotatable bonds is 3. The van der Waals surface area contributed by atoms with Crippen LogP contribution in [0.2, 0.25) is 0 Å². The number of anilines is 1. The Hall–Kier alpha value is -2.79. The van der Waals surface area contributed by atoms with Gasteiger partial charge in [-0.25, -0.2) is 4.90 Å². The molecule has 5 atom stereocenters. The average Bonchev–Trinajstić information content (AvgIpc) is 3.37. The zero-order chi connectivity index (χ0) is 20.3. The number of fused-ring (bicyclic) bond motifs is 3. The molecule has 2 aromatic carbocycles. The summed E-state index contributed by atoms with van der Waals surface area (Å²) in [4.78, 5) is 42.8. The van der Waals surface area contributed by atoms with E-state index in [1.807, 2.05) is 62.4 Å². The van der Waals surface area contributed by atoms with Crippen molar-refractivity contribution in [2.75, 3.05) is 11.4 Å². The Morgan fingerprint density at radius 1 is 0.966 bits per heavy atom. The van der Waals surface area contributed by atoms with Crippen LogP contribution >= 0.6 is 0 Å². The molecule has 3 aliphatic heterocycles. The Morgan fingerprint density at radius 3 is 2.41 bits per heavy atom. The number of amides is 2. The molecule has 0 saturated carbocycles. The lowest BCUT2D eigenvalue weighted by molar-refractivity contribution is -0.915. The van der Waals surface area contributed by atoms with Crippen molar-refractivity contribution in [3.05, 3.63) is 65.2 Å². The molecule has 0 aliphatic carbocycles. The van der Waals surface area contributed by atoms with Gasteiger partial charge in [0.05, 0.1) is 12.2 Å². The number of quaternary nitrogens is 1. The van der Waals surface area contributed by atoms with Crippen molar-refractivity contribution in [2.24, 2.45) is 11.8 Å². The van der Waals surface area contributed by atoms with E-state index in [2.05, 4.69) is 0 Å². The molecule has 2 aromatic rings. The van der Waals surface area contributed by atoms with Crippen LogP contribution in [0.3, 0.4) is 0 Å². The van der Waals surface area contributed by atoms with Crippen LogP contribution in [0, 0.1) is 25.7 Å².